The first-order chi connectivity index (χ1) is 15.6. The van der Waals surface area contributed by atoms with Crippen molar-refractivity contribution >= 4 is 26.7 Å². The Hall–Kier alpha value is -2.91. The van der Waals surface area contributed by atoms with E-state index in [0.717, 1.165) is 48.2 Å². The average Bonchev–Trinajstić information content (AvgIpc) is 3.43. The highest BCUT2D eigenvalue weighted by molar-refractivity contribution is 7.22. The predicted molar refractivity (Wildman–Crippen MR) is 124 cm³/mol. The second-order valence-corrected chi connectivity index (χ2v) is 9.51. The molecule has 1 aliphatic heterocycles. The number of benzene rings is 2. The highest BCUT2D eigenvalue weighted by Gasteiger charge is 2.32. The molecule has 32 heavy (non-hydrogen) atoms. The Labute approximate surface area is 190 Å². The lowest BCUT2D eigenvalue weighted by Crippen LogP contribution is -2.49. The molecule has 5 rings (SSSR count). The second kappa shape index (κ2) is 8.91. The predicted octanol–water partition coefficient (Wildman–Crippen LogP) is 3.99. The maximum atomic E-state index is 13.3. The lowest BCUT2D eigenvalue weighted by atomic mass is 10.0. The summed E-state index contributed by atoms with van der Waals surface area (Å²) in [6.45, 7) is 8.62. The zero-order valence-electron chi connectivity index (χ0n) is 18.2. The van der Waals surface area contributed by atoms with Gasteiger partial charge in [0, 0.05) is 26.2 Å². The lowest BCUT2D eigenvalue weighted by Gasteiger charge is -2.40. The smallest absolute Gasteiger partial charge is 0.186 e. The summed E-state index contributed by atoms with van der Waals surface area (Å²) in [6, 6.07) is 14.9. The van der Waals surface area contributed by atoms with Crippen LogP contribution in [0.25, 0.3) is 10.2 Å². The molecule has 0 amide bonds. The highest BCUT2D eigenvalue weighted by Crippen LogP contribution is 2.32. The van der Waals surface area contributed by atoms with E-state index in [-0.39, 0.29) is 11.9 Å². The number of fused-ring (bicyclic) bond motifs is 1. The Morgan fingerprint density at radius 2 is 1.75 bits per heavy atom. The zero-order chi connectivity index (χ0) is 22.1. The minimum absolute atomic E-state index is 0.114. The second-order valence-electron chi connectivity index (χ2n) is 8.50. The molecule has 2 aromatic heterocycles. The van der Waals surface area contributed by atoms with Crippen LogP contribution in [0.3, 0.4) is 0 Å². The van der Waals surface area contributed by atoms with E-state index in [1.807, 2.05) is 10.7 Å². The molecule has 0 radical (unpaired) electrons. The van der Waals surface area contributed by atoms with E-state index >= 15 is 0 Å². The summed E-state index contributed by atoms with van der Waals surface area (Å²) in [5.41, 5.74) is 2.04. The molecule has 0 bridgehead atoms. The summed E-state index contributed by atoms with van der Waals surface area (Å²) in [7, 11) is 0. The number of tetrazole rings is 1. The number of anilines is 1. The van der Waals surface area contributed by atoms with Crippen LogP contribution in [0.2, 0.25) is 0 Å². The molecule has 2 aromatic carbocycles. The molecule has 166 valence electrons. The van der Waals surface area contributed by atoms with E-state index < -0.39 is 0 Å². The highest BCUT2D eigenvalue weighted by atomic mass is 32.1. The summed E-state index contributed by atoms with van der Waals surface area (Å²) < 4.78 is 16.3. The molecule has 0 aliphatic carbocycles. The molecular formula is C23H26FN7S. The Balaban J connectivity index is 1.31. The van der Waals surface area contributed by atoms with Gasteiger partial charge in [0.2, 0.25) is 0 Å². The van der Waals surface area contributed by atoms with Crippen LogP contribution >= 0.6 is 11.3 Å². The molecule has 0 N–H and O–H groups in total. The number of hydrogen-bond acceptors (Lipinski definition) is 7. The first kappa shape index (κ1) is 21.0. The minimum atomic E-state index is -0.239. The van der Waals surface area contributed by atoms with Gasteiger partial charge >= 0.3 is 0 Å². The Morgan fingerprint density at radius 3 is 2.47 bits per heavy atom. The third-order valence-electron chi connectivity index (χ3n) is 5.96. The molecule has 1 saturated heterocycles. The van der Waals surface area contributed by atoms with Gasteiger partial charge in [-0.3, -0.25) is 4.90 Å². The van der Waals surface area contributed by atoms with E-state index in [1.54, 1.807) is 23.5 Å². The van der Waals surface area contributed by atoms with Gasteiger partial charge in [0.1, 0.15) is 5.82 Å². The number of hydrogen-bond donors (Lipinski definition) is 0. The van der Waals surface area contributed by atoms with Crippen LogP contribution in [-0.4, -0.2) is 56.3 Å². The number of halogens is 1. The Bertz CT molecular complexity index is 1150. The van der Waals surface area contributed by atoms with Crippen LogP contribution in [0.15, 0.2) is 48.5 Å². The molecular weight excluding hydrogens is 425 g/mol. The third-order valence-corrected chi connectivity index (χ3v) is 7.06. The normalized spacial score (nSPS) is 16.2. The van der Waals surface area contributed by atoms with Crippen molar-refractivity contribution < 1.29 is 4.39 Å². The standard InChI is InChI=1S/C23H26FN7S/c1-16(2)21(22-26-27-28-31(22)15-17-7-9-18(24)10-8-17)29-11-13-30(14-12-29)23-25-19-5-3-4-6-20(19)32-23/h3-10,16,21H,11-15H2,1-2H3. The molecule has 9 heteroatoms. The van der Waals surface area contributed by atoms with Crippen LogP contribution in [0.1, 0.15) is 31.3 Å². The van der Waals surface area contributed by atoms with Gasteiger partial charge in [-0.25, -0.2) is 14.1 Å². The molecule has 1 fully saturated rings. The maximum absolute atomic E-state index is 13.3. The molecule has 1 atom stereocenters. The number of rotatable bonds is 6. The SMILES string of the molecule is CC(C)C(c1nnnn1Cc1ccc(F)cc1)N1CCN(c2nc3ccccc3s2)CC1. The summed E-state index contributed by atoms with van der Waals surface area (Å²) in [4.78, 5) is 9.67. The maximum Gasteiger partial charge on any atom is 0.186 e. The van der Waals surface area contributed by atoms with E-state index in [0.29, 0.717) is 12.5 Å². The number of thiazole rings is 1. The van der Waals surface area contributed by atoms with Gasteiger partial charge in [0.05, 0.1) is 22.8 Å². The Morgan fingerprint density at radius 1 is 1.00 bits per heavy atom. The van der Waals surface area contributed by atoms with Gasteiger partial charge in [-0.1, -0.05) is 49.4 Å². The monoisotopic (exact) mass is 451 g/mol. The van der Waals surface area contributed by atoms with E-state index in [9.17, 15) is 4.39 Å². The van der Waals surface area contributed by atoms with E-state index in [1.165, 1.54) is 16.8 Å². The summed E-state index contributed by atoms with van der Waals surface area (Å²) in [5.74, 6) is 0.969. The van der Waals surface area contributed by atoms with Crippen LogP contribution in [-0.2, 0) is 6.54 Å². The lowest BCUT2D eigenvalue weighted by molar-refractivity contribution is 0.135. The van der Waals surface area contributed by atoms with Gasteiger partial charge in [-0.15, -0.1) is 5.10 Å². The fourth-order valence-corrected chi connectivity index (χ4v) is 5.39. The fourth-order valence-electron chi connectivity index (χ4n) is 4.37. The molecule has 1 unspecified atom stereocenters. The quantitative estimate of drug-likeness (QED) is 0.442. The number of para-hydroxylation sites is 1. The van der Waals surface area contributed by atoms with Gasteiger partial charge in [0.15, 0.2) is 11.0 Å². The first-order valence-corrected chi connectivity index (χ1v) is 11.8. The minimum Gasteiger partial charge on any atom is -0.345 e. The zero-order valence-corrected chi connectivity index (χ0v) is 19.0. The van der Waals surface area contributed by atoms with Crippen molar-refractivity contribution in [2.75, 3.05) is 31.1 Å². The molecule has 0 spiro atoms. The van der Waals surface area contributed by atoms with Gasteiger partial charge < -0.3 is 4.90 Å². The third kappa shape index (κ3) is 4.22. The van der Waals surface area contributed by atoms with E-state index in [4.69, 9.17) is 4.98 Å². The molecule has 3 heterocycles. The van der Waals surface area contributed by atoms with Crippen molar-refractivity contribution in [2.45, 2.75) is 26.4 Å². The topological polar surface area (TPSA) is 63.0 Å². The molecule has 4 aromatic rings. The molecule has 7 nitrogen and oxygen atoms in total. The summed E-state index contributed by atoms with van der Waals surface area (Å²) in [6.07, 6.45) is 0. The number of piperazine rings is 1. The van der Waals surface area contributed by atoms with Crippen molar-refractivity contribution in [2.24, 2.45) is 5.92 Å². The van der Waals surface area contributed by atoms with Crippen LogP contribution in [0.4, 0.5) is 9.52 Å². The van der Waals surface area contributed by atoms with Crippen molar-refractivity contribution in [3.8, 4) is 0 Å². The van der Waals surface area contributed by atoms with Crippen molar-refractivity contribution in [1.82, 2.24) is 30.1 Å². The fraction of sp³-hybridized carbons (Fsp3) is 0.391. The van der Waals surface area contributed by atoms with Crippen LogP contribution < -0.4 is 4.90 Å². The van der Waals surface area contributed by atoms with Crippen molar-refractivity contribution in [3.05, 3.63) is 65.7 Å². The molecule has 1 aliphatic rings. The number of aromatic nitrogens is 5. The van der Waals surface area contributed by atoms with Gasteiger partial charge in [-0.05, 0) is 46.2 Å². The number of nitrogens with zero attached hydrogens (tertiary/aromatic N) is 7. The largest absolute Gasteiger partial charge is 0.345 e. The van der Waals surface area contributed by atoms with Gasteiger partial charge in [0.25, 0.3) is 0 Å². The van der Waals surface area contributed by atoms with Gasteiger partial charge in [-0.2, -0.15) is 0 Å². The summed E-state index contributed by atoms with van der Waals surface area (Å²) >= 11 is 1.76. The first-order valence-electron chi connectivity index (χ1n) is 10.9. The summed E-state index contributed by atoms with van der Waals surface area (Å²) in [5, 5.41) is 13.7. The van der Waals surface area contributed by atoms with Crippen molar-refractivity contribution in [3.63, 3.8) is 0 Å². The molecule has 0 saturated carbocycles. The average molecular weight is 452 g/mol. The Kier molecular flexibility index (Phi) is 5.84. The van der Waals surface area contributed by atoms with E-state index in [2.05, 4.69) is 57.4 Å². The van der Waals surface area contributed by atoms with Crippen molar-refractivity contribution in [1.29, 1.82) is 0 Å². The van der Waals surface area contributed by atoms with Crippen LogP contribution in [0.5, 0.6) is 0 Å². The van der Waals surface area contributed by atoms with Crippen LogP contribution in [0, 0.1) is 11.7 Å².